The lowest BCUT2D eigenvalue weighted by molar-refractivity contribution is 0.508. The maximum atomic E-state index is 2.68. The van der Waals surface area contributed by atoms with Crippen molar-refractivity contribution in [1.82, 2.24) is 0 Å². The molecule has 0 fully saturated rings. The number of hydrogen-bond donors (Lipinski definition) is 0. The minimum Gasteiger partial charge on any atom is -0.0613 e. The van der Waals surface area contributed by atoms with Gasteiger partial charge in [-0.1, -0.05) is 143 Å². The summed E-state index contributed by atoms with van der Waals surface area (Å²) in [4.78, 5) is 0. The second-order valence-electron chi connectivity index (χ2n) is 15.5. The first-order valence-corrected chi connectivity index (χ1v) is 21.5. The van der Waals surface area contributed by atoms with Gasteiger partial charge in [-0.05, 0) is 161 Å². The molecule has 0 aliphatic heterocycles. The van der Waals surface area contributed by atoms with Crippen LogP contribution in [0.2, 0.25) is 0 Å². The van der Waals surface area contributed by atoms with Crippen molar-refractivity contribution < 1.29 is 0 Å². The van der Waals surface area contributed by atoms with E-state index in [9.17, 15) is 0 Å². The van der Waals surface area contributed by atoms with Gasteiger partial charge in [0, 0.05) is 5.41 Å². The zero-order valence-corrected chi connectivity index (χ0v) is 33.2. The zero-order chi connectivity index (χ0) is 35.4. The fourth-order valence-corrected chi connectivity index (χ4v) is 14.5. The number of benzene rings is 6. The molecule has 0 N–H and O–H groups in total. The third-order valence-electron chi connectivity index (χ3n) is 11.4. The predicted molar refractivity (Wildman–Crippen MR) is 226 cm³/mol. The van der Waals surface area contributed by atoms with Crippen LogP contribution in [0.1, 0.15) is 81.0 Å². The fraction of sp³-hybridized carbons (Fsp3) is 0.265. The maximum Gasteiger partial charge on any atom is 0.0215 e. The maximum absolute atomic E-state index is 2.68. The summed E-state index contributed by atoms with van der Waals surface area (Å²) in [6.07, 6.45) is 5.80. The lowest BCUT2D eigenvalue weighted by Crippen LogP contribution is -2.27. The average molecular weight is 701 g/mol. The molecule has 2 unspecified atom stereocenters. The standard InChI is InChI=1S/C49H50P2/c1-8-38-22-37(7)28-46(29-38)51(45-26-35(5)21-36(6)27-45)43-15-13-40-17-19-49(48(40)31-43)18-16-39-12-14-42(30-47(39)49)50(41-11-9-10-32(2)23-41)44-24-33(3)20-34(4)25-44/h9-15,20-31H,8,16-19H2,1-7H3/t49-,50?,51?/m1/s1. The molecule has 0 aromatic heterocycles. The molecule has 2 aliphatic rings. The van der Waals surface area contributed by atoms with Crippen LogP contribution in [0, 0.1) is 41.5 Å². The summed E-state index contributed by atoms with van der Waals surface area (Å²) in [5.74, 6) is 0. The van der Waals surface area contributed by atoms with Gasteiger partial charge in [0.2, 0.25) is 0 Å². The Morgan fingerprint density at radius 2 is 0.863 bits per heavy atom. The Bertz CT molecular complexity index is 2250. The molecule has 6 aromatic rings. The molecule has 0 amide bonds. The van der Waals surface area contributed by atoms with Gasteiger partial charge in [0.05, 0.1) is 0 Å². The van der Waals surface area contributed by atoms with E-state index < -0.39 is 15.8 Å². The van der Waals surface area contributed by atoms with E-state index in [-0.39, 0.29) is 5.41 Å². The number of aryl methyl sites for hydroxylation is 9. The molecule has 0 nitrogen and oxygen atoms in total. The van der Waals surface area contributed by atoms with Crippen LogP contribution in [-0.4, -0.2) is 0 Å². The molecule has 0 saturated carbocycles. The van der Waals surface area contributed by atoms with Gasteiger partial charge in [0.1, 0.15) is 0 Å². The number of rotatable bonds is 7. The molecule has 2 heteroatoms. The predicted octanol–water partition coefficient (Wildman–Crippen LogP) is 9.79. The quantitative estimate of drug-likeness (QED) is 0.146. The normalized spacial score (nSPS) is 17.4. The third-order valence-corrected chi connectivity index (χ3v) is 16.1. The Kier molecular flexibility index (Phi) is 9.16. The highest BCUT2D eigenvalue weighted by molar-refractivity contribution is 7.80. The van der Waals surface area contributed by atoms with Gasteiger partial charge in [-0.25, -0.2) is 0 Å². The molecule has 256 valence electrons. The van der Waals surface area contributed by atoms with E-state index in [0.29, 0.717) is 0 Å². The van der Waals surface area contributed by atoms with Crippen LogP contribution in [0.4, 0.5) is 0 Å². The smallest absolute Gasteiger partial charge is 0.0215 e. The van der Waals surface area contributed by atoms with Crippen LogP contribution in [0.15, 0.2) is 115 Å². The van der Waals surface area contributed by atoms with Gasteiger partial charge in [0.25, 0.3) is 0 Å². The van der Waals surface area contributed by atoms with E-state index in [2.05, 4.69) is 164 Å². The first-order chi connectivity index (χ1) is 24.6. The van der Waals surface area contributed by atoms with Crippen molar-refractivity contribution in [1.29, 1.82) is 0 Å². The van der Waals surface area contributed by atoms with Gasteiger partial charge in [0.15, 0.2) is 0 Å². The zero-order valence-electron chi connectivity index (χ0n) is 31.4. The van der Waals surface area contributed by atoms with Crippen LogP contribution in [0.3, 0.4) is 0 Å². The first-order valence-electron chi connectivity index (χ1n) is 18.8. The van der Waals surface area contributed by atoms with Crippen molar-refractivity contribution in [2.45, 2.75) is 86.0 Å². The molecular formula is C49H50P2. The summed E-state index contributed by atoms with van der Waals surface area (Å²) in [5, 5.41) is 8.82. The molecule has 2 aliphatic carbocycles. The summed E-state index contributed by atoms with van der Waals surface area (Å²) in [7, 11) is -1.39. The number of fused-ring (bicyclic) bond motifs is 4. The largest absolute Gasteiger partial charge is 0.0613 e. The Balaban J connectivity index is 1.28. The van der Waals surface area contributed by atoms with Crippen LogP contribution < -0.4 is 31.8 Å². The van der Waals surface area contributed by atoms with Crippen molar-refractivity contribution in [3.63, 3.8) is 0 Å². The molecule has 0 saturated heterocycles. The monoisotopic (exact) mass is 700 g/mol. The minimum absolute atomic E-state index is 0.0809. The van der Waals surface area contributed by atoms with Gasteiger partial charge in [-0.2, -0.15) is 0 Å². The van der Waals surface area contributed by atoms with Gasteiger partial charge < -0.3 is 0 Å². The third kappa shape index (κ3) is 6.45. The van der Waals surface area contributed by atoms with Gasteiger partial charge in [-0.3, -0.25) is 0 Å². The van der Waals surface area contributed by atoms with E-state index in [1.54, 1.807) is 22.3 Å². The van der Waals surface area contributed by atoms with Crippen LogP contribution in [0.25, 0.3) is 0 Å². The highest BCUT2D eigenvalue weighted by atomic mass is 31.1. The van der Waals surface area contributed by atoms with Crippen molar-refractivity contribution >= 4 is 47.7 Å². The van der Waals surface area contributed by atoms with Gasteiger partial charge >= 0.3 is 0 Å². The molecule has 8 rings (SSSR count). The molecular weight excluding hydrogens is 650 g/mol. The molecule has 0 radical (unpaired) electrons. The second-order valence-corrected chi connectivity index (χ2v) is 19.9. The van der Waals surface area contributed by atoms with E-state index in [4.69, 9.17) is 0 Å². The summed E-state index contributed by atoms with van der Waals surface area (Å²) in [6.45, 7) is 15.8. The Hall–Kier alpha value is -3.82. The Morgan fingerprint density at radius 1 is 0.431 bits per heavy atom. The van der Waals surface area contributed by atoms with Crippen molar-refractivity contribution in [2.24, 2.45) is 0 Å². The Morgan fingerprint density at radius 3 is 1.35 bits per heavy atom. The van der Waals surface area contributed by atoms with Crippen molar-refractivity contribution in [2.75, 3.05) is 0 Å². The van der Waals surface area contributed by atoms with Gasteiger partial charge in [-0.15, -0.1) is 0 Å². The van der Waals surface area contributed by atoms with Crippen molar-refractivity contribution in [3.05, 3.63) is 176 Å². The highest BCUT2D eigenvalue weighted by Crippen LogP contribution is 2.53. The van der Waals surface area contributed by atoms with E-state index in [1.165, 1.54) is 83.6 Å². The molecule has 1 spiro atoms. The van der Waals surface area contributed by atoms with E-state index >= 15 is 0 Å². The first kappa shape index (κ1) is 34.3. The number of hydrogen-bond acceptors (Lipinski definition) is 0. The molecule has 0 bridgehead atoms. The van der Waals surface area contributed by atoms with Crippen LogP contribution in [0.5, 0.6) is 0 Å². The summed E-state index contributed by atoms with van der Waals surface area (Å²) >= 11 is 0. The van der Waals surface area contributed by atoms with E-state index in [0.717, 1.165) is 19.3 Å². The lowest BCUT2D eigenvalue weighted by Gasteiger charge is -2.30. The average Bonchev–Trinajstić information content (AvgIpc) is 3.64. The molecule has 3 atom stereocenters. The summed E-state index contributed by atoms with van der Waals surface area (Å²) < 4.78 is 0. The molecule has 0 heterocycles. The topological polar surface area (TPSA) is 0 Å². The summed E-state index contributed by atoms with van der Waals surface area (Å²) in [6, 6.07) is 46.3. The van der Waals surface area contributed by atoms with E-state index in [1.807, 2.05) is 0 Å². The SMILES string of the molecule is CCc1cc(C)cc(P(c2cc(C)cc(C)c2)c2ccc3c(c2)[C@]2(CCc4ccc(P(c5cccc(C)c5)c5cc(C)cc(C)c5)cc42)CC3)c1. The summed E-state index contributed by atoms with van der Waals surface area (Å²) in [5.41, 5.74) is 15.9. The van der Waals surface area contributed by atoms with Crippen LogP contribution in [-0.2, 0) is 24.7 Å². The van der Waals surface area contributed by atoms with Crippen LogP contribution >= 0.6 is 15.8 Å². The Labute approximate surface area is 308 Å². The second kappa shape index (κ2) is 13.6. The lowest BCUT2D eigenvalue weighted by atomic mass is 9.77. The highest BCUT2D eigenvalue weighted by Gasteiger charge is 2.45. The fourth-order valence-electron chi connectivity index (χ4n) is 9.23. The molecule has 51 heavy (non-hydrogen) atoms. The minimum atomic E-state index is -0.705. The molecule has 6 aromatic carbocycles. The van der Waals surface area contributed by atoms with Crippen molar-refractivity contribution in [3.8, 4) is 0 Å².